The van der Waals surface area contributed by atoms with Crippen molar-refractivity contribution in [2.75, 3.05) is 26.9 Å². The van der Waals surface area contributed by atoms with Gasteiger partial charge in [-0.3, -0.25) is 0 Å². The molecule has 1 N–H and O–H groups in total. The van der Waals surface area contributed by atoms with Crippen LogP contribution in [0, 0.1) is 5.82 Å². The van der Waals surface area contributed by atoms with E-state index in [0.29, 0.717) is 0 Å². The van der Waals surface area contributed by atoms with E-state index in [1.807, 2.05) is 6.07 Å². The number of benzene rings is 1. The highest BCUT2D eigenvalue weighted by Gasteiger charge is 2.40. The lowest BCUT2D eigenvalue weighted by Crippen LogP contribution is -2.56. The van der Waals surface area contributed by atoms with Gasteiger partial charge in [0.1, 0.15) is 5.82 Å². The fourth-order valence-corrected chi connectivity index (χ4v) is 3.07. The quantitative estimate of drug-likeness (QED) is 0.839. The van der Waals surface area contributed by atoms with Gasteiger partial charge in [-0.2, -0.15) is 0 Å². The van der Waals surface area contributed by atoms with Crippen LogP contribution in [0.2, 0.25) is 0 Å². The van der Waals surface area contributed by atoms with Crippen LogP contribution in [0.3, 0.4) is 0 Å². The number of hydrogen-bond acceptors (Lipinski definition) is 3. The van der Waals surface area contributed by atoms with Crippen molar-refractivity contribution in [2.24, 2.45) is 0 Å². The molecule has 1 aromatic rings. The third-order valence-electron chi connectivity index (χ3n) is 4.35. The summed E-state index contributed by atoms with van der Waals surface area (Å²) >= 11 is 0. The first-order valence-electron chi connectivity index (χ1n) is 7.81. The first-order chi connectivity index (χ1) is 10.2. The van der Waals surface area contributed by atoms with Crippen molar-refractivity contribution in [3.63, 3.8) is 0 Å². The molecule has 1 aliphatic heterocycles. The van der Waals surface area contributed by atoms with E-state index >= 15 is 0 Å². The minimum Gasteiger partial charge on any atom is -0.381 e. The highest BCUT2D eigenvalue weighted by atomic mass is 19.1. The highest BCUT2D eigenvalue weighted by Crippen LogP contribution is 2.30. The van der Waals surface area contributed by atoms with Gasteiger partial charge in [0.15, 0.2) is 0 Å². The van der Waals surface area contributed by atoms with E-state index < -0.39 is 0 Å². The normalized spacial score (nSPS) is 19.4. The Hall–Kier alpha value is -0.970. The zero-order valence-corrected chi connectivity index (χ0v) is 13.0. The van der Waals surface area contributed by atoms with Gasteiger partial charge in [0.05, 0.1) is 5.60 Å². The maximum Gasteiger partial charge on any atom is 0.123 e. The summed E-state index contributed by atoms with van der Waals surface area (Å²) in [6.07, 6.45) is 3.59. The van der Waals surface area contributed by atoms with Crippen molar-refractivity contribution in [1.29, 1.82) is 0 Å². The molecule has 0 bridgehead atoms. The molecule has 1 saturated heterocycles. The van der Waals surface area contributed by atoms with E-state index in [0.717, 1.165) is 51.0 Å². The molecule has 0 amide bonds. The summed E-state index contributed by atoms with van der Waals surface area (Å²) < 4.78 is 24.8. The van der Waals surface area contributed by atoms with Gasteiger partial charge in [-0.05, 0) is 37.1 Å². The molecule has 1 atom stereocenters. The lowest BCUT2D eigenvalue weighted by atomic mass is 9.82. The molecule has 1 aromatic carbocycles. The fourth-order valence-electron chi connectivity index (χ4n) is 3.07. The number of hydrogen-bond donors (Lipinski definition) is 1. The van der Waals surface area contributed by atoms with E-state index in [9.17, 15) is 4.39 Å². The Labute approximate surface area is 126 Å². The van der Waals surface area contributed by atoms with Crippen molar-refractivity contribution < 1.29 is 13.9 Å². The summed E-state index contributed by atoms with van der Waals surface area (Å²) in [5.41, 5.74) is 0.784. The third kappa shape index (κ3) is 4.25. The number of rotatable bonds is 7. The van der Waals surface area contributed by atoms with Gasteiger partial charge < -0.3 is 14.8 Å². The Balaban J connectivity index is 2.16. The monoisotopic (exact) mass is 295 g/mol. The molecule has 1 fully saturated rings. The Bertz CT molecular complexity index is 433. The summed E-state index contributed by atoms with van der Waals surface area (Å²) in [5, 5.41) is 3.60. The number of ether oxygens (including phenoxy) is 2. The predicted octanol–water partition coefficient (Wildman–Crippen LogP) is 2.93. The summed E-state index contributed by atoms with van der Waals surface area (Å²) in [5.74, 6) is -0.180. The SMILES string of the molecule is CCCNC(Cc1cccc(F)c1)C1(OC)CCOCC1. The summed E-state index contributed by atoms with van der Waals surface area (Å²) in [6.45, 7) is 4.53. The lowest BCUT2D eigenvalue weighted by molar-refractivity contribution is -0.110. The zero-order chi connectivity index (χ0) is 15.1. The van der Waals surface area contributed by atoms with E-state index in [1.165, 1.54) is 6.07 Å². The molecular weight excluding hydrogens is 269 g/mol. The average Bonchev–Trinajstić information content (AvgIpc) is 2.52. The smallest absolute Gasteiger partial charge is 0.123 e. The maximum atomic E-state index is 13.4. The van der Waals surface area contributed by atoms with Crippen molar-refractivity contribution in [3.05, 3.63) is 35.6 Å². The van der Waals surface area contributed by atoms with Gasteiger partial charge in [0.25, 0.3) is 0 Å². The van der Waals surface area contributed by atoms with Gasteiger partial charge in [-0.15, -0.1) is 0 Å². The van der Waals surface area contributed by atoms with Crippen LogP contribution in [0.5, 0.6) is 0 Å². The maximum absolute atomic E-state index is 13.4. The minimum atomic E-state index is -0.222. The van der Waals surface area contributed by atoms with Crippen molar-refractivity contribution in [1.82, 2.24) is 5.32 Å². The molecule has 2 rings (SSSR count). The Morgan fingerprint density at radius 2 is 2.14 bits per heavy atom. The molecule has 0 saturated carbocycles. The Kier molecular flexibility index (Phi) is 6.15. The molecule has 3 nitrogen and oxygen atoms in total. The van der Waals surface area contributed by atoms with Gasteiger partial charge >= 0.3 is 0 Å². The number of methoxy groups -OCH3 is 1. The number of nitrogens with one attached hydrogen (secondary N) is 1. The molecule has 4 heteroatoms. The largest absolute Gasteiger partial charge is 0.381 e. The molecular formula is C17H26FNO2. The summed E-state index contributed by atoms with van der Waals surface area (Å²) in [6, 6.07) is 7.02. The standard InChI is InChI=1S/C17H26FNO2/c1-3-9-19-16(13-14-5-4-6-15(18)12-14)17(20-2)7-10-21-11-8-17/h4-6,12,16,19H,3,7-11,13H2,1-2H3. The van der Waals surface area contributed by atoms with E-state index in [4.69, 9.17) is 9.47 Å². The average molecular weight is 295 g/mol. The first kappa shape index (κ1) is 16.4. The van der Waals surface area contributed by atoms with Gasteiger partial charge in [0.2, 0.25) is 0 Å². The van der Waals surface area contributed by atoms with E-state index in [2.05, 4.69) is 12.2 Å². The van der Waals surface area contributed by atoms with E-state index in [1.54, 1.807) is 19.2 Å². The van der Waals surface area contributed by atoms with Crippen LogP contribution in [-0.4, -0.2) is 38.5 Å². The topological polar surface area (TPSA) is 30.5 Å². The molecule has 0 aromatic heterocycles. The van der Waals surface area contributed by atoms with Gasteiger partial charge in [-0.25, -0.2) is 4.39 Å². The van der Waals surface area contributed by atoms with Crippen molar-refractivity contribution >= 4 is 0 Å². The minimum absolute atomic E-state index is 0.174. The third-order valence-corrected chi connectivity index (χ3v) is 4.35. The van der Waals surface area contributed by atoms with Gasteiger partial charge in [-0.1, -0.05) is 19.1 Å². The Morgan fingerprint density at radius 1 is 1.38 bits per heavy atom. The van der Waals surface area contributed by atoms with Crippen LogP contribution in [-0.2, 0) is 15.9 Å². The molecule has 0 radical (unpaired) electrons. The van der Waals surface area contributed by atoms with E-state index in [-0.39, 0.29) is 17.5 Å². The molecule has 0 aliphatic carbocycles. The molecule has 0 spiro atoms. The summed E-state index contributed by atoms with van der Waals surface area (Å²) in [7, 11) is 1.78. The highest BCUT2D eigenvalue weighted by molar-refractivity contribution is 5.19. The van der Waals surface area contributed by atoms with Crippen molar-refractivity contribution in [2.45, 2.75) is 44.2 Å². The van der Waals surface area contributed by atoms with Gasteiger partial charge in [0, 0.05) is 39.2 Å². The Morgan fingerprint density at radius 3 is 2.76 bits per heavy atom. The second-order valence-corrected chi connectivity index (χ2v) is 5.72. The summed E-state index contributed by atoms with van der Waals surface area (Å²) in [4.78, 5) is 0. The number of halogens is 1. The van der Waals surface area contributed by atoms with Crippen LogP contribution < -0.4 is 5.32 Å². The second-order valence-electron chi connectivity index (χ2n) is 5.72. The molecule has 118 valence electrons. The van der Waals surface area contributed by atoms with Crippen LogP contribution in [0.25, 0.3) is 0 Å². The molecule has 21 heavy (non-hydrogen) atoms. The second kappa shape index (κ2) is 7.87. The van der Waals surface area contributed by atoms with Crippen LogP contribution in [0.4, 0.5) is 4.39 Å². The molecule has 1 unspecified atom stereocenters. The fraction of sp³-hybridized carbons (Fsp3) is 0.647. The van der Waals surface area contributed by atoms with Crippen LogP contribution in [0.15, 0.2) is 24.3 Å². The van der Waals surface area contributed by atoms with Crippen molar-refractivity contribution in [3.8, 4) is 0 Å². The zero-order valence-electron chi connectivity index (χ0n) is 13.0. The predicted molar refractivity (Wildman–Crippen MR) is 82.0 cm³/mol. The molecule has 1 heterocycles. The lowest BCUT2D eigenvalue weighted by Gasteiger charge is -2.43. The van der Waals surface area contributed by atoms with Crippen LogP contribution >= 0.6 is 0 Å². The first-order valence-corrected chi connectivity index (χ1v) is 7.81. The molecule has 1 aliphatic rings. The van der Waals surface area contributed by atoms with Crippen LogP contribution in [0.1, 0.15) is 31.7 Å².